The molecule has 19 heavy (non-hydrogen) atoms. The van der Waals surface area contributed by atoms with Gasteiger partial charge in [0.15, 0.2) is 5.82 Å². The van der Waals surface area contributed by atoms with E-state index in [-0.39, 0.29) is 11.2 Å². The lowest BCUT2D eigenvalue weighted by Crippen LogP contribution is -2.12. The summed E-state index contributed by atoms with van der Waals surface area (Å²) < 4.78 is 1.76. The molecule has 1 heterocycles. The van der Waals surface area contributed by atoms with Crippen molar-refractivity contribution >= 4 is 5.78 Å². The Kier molecular flexibility index (Phi) is 3.56. The molecule has 0 unspecified atom stereocenters. The van der Waals surface area contributed by atoms with Gasteiger partial charge in [-0.15, -0.1) is 0 Å². The Morgan fingerprint density at radius 1 is 1.21 bits per heavy atom. The monoisotopic (exact) mass is 256 g/mol. The van der Waals surface area contributed by atoms with Crippen LogP contribution in [0.4, 0.5) is 0 Å². The Balaban J connectivity index is 2.12. The van der Waals surface area contributed by atoms with Crippen molar-refractivity contribution in [3.05, 3.63) is 53.6 Å². The van der Waals surface area contributed by atoms with Crippen LogP contribution in [0, 0.1) is 0 Å². The number of Topliss-reactive ketones (excluding diaryl/α,β-unsaturated/α-hetero) is 1. The zero-order valence-electron chi connectivity index (χ0n) is 12.0. The molecule has 1 aromatic heterocycles. The molecule has 3 nitrogen and oxygen atoms in total. The summed E-state index contributed by atoms with van der Waals surface area (Å²) in [7, 11) is 1.84. The minimum atomic E-state index is 0.0519. The van der Waals surface area contributed by atoms with Crippen molar-refractivity contribution in [3.8, 4) is 0 Å². The van der Waals surface area contributed by atoms with Crippen LogP contribution in [0.1, 0.15) is 42.5 Å². The van der Waals surface area contributed by atoms with Crippen molar-refractivity contribution in [3.63, 3.8) is 0 Å². The standard InChI is InChI=1S/C16H20N2O/c1-16(2,3)13-7-5-12(6-8-13)11-14(19)15-17-9-10-18(15)4/h5-10H,11H2,1-4H3. The number of imidazole rings is 1. The molecule has 0 aliphatic carbocycles. The summed E-state index contributed by atoms with van der Waals surface area (Å²) in [5.41, 5.74) is 2.45. The molecule has 0 amide bonds. The largest absolute Gasteiger partial charge is 0.332 e. The molecule has 2 rings (SSSR count). The molecule has 2 aromatic rings. The normalized spacial score (nSPS) is 11.6. The van der Waals surface area contributed by atoms with Crippen molar-refractivity contribution in [2.24, 2.45) is 7.05 Å². The van der Waals surface area contributed by atoms with Crippen LogP contribution < -0.4 is 0 Å². The lowest BCUT2D eigenvalue weighted by Gasteiger charge is -2.19. The number of hydrogen-bond donors (Lipinski definition) is 0. The molecular formula is C16H20N2O. The predicted octanol–water partition coefficient (Wildman–Crippen LogP) is 3.14. The highest BCUT2D eigenvalue weighted by atomic mass is 16.1. The molecule has 0 saturated heterocycles. The summed E-state index contributed by atoms with van der Waals surface area (Å²) >= 11 is 0. The number of carbonyl (C=O) groups excluding carboxylic acids is 1. The van der Waals surface area contributed by atoms with Gasteiger partial charge in [-0.3, -0.25) is 4.79 Å². The highest BCUT2D eigenvalue weighted by molar-refractivity contribution is 5.94. The van der Waals surface area contributed by atoms with Gasteiger partial charge < -0.3 is 4.57 Å². The maximum absolute atomic E-state index is 12.1. The molecule has 1 aromatic carbocycles. The zero-order chi connectivity index (χ0) is 14.0. The molecule has 0 bridgehead atoms. The Morgan fingerprint density at radius 2 is 1.84 bits per heavy atom. The number of rotatable bonds is 3. The Hall–Kier alpha value is -1.90. The number of aromatic nitrogens is 2. The molecule has 0 atom stereocenters. The minimum Gasteiger partial charge on any atom is -0.332 e. The van der Waals surface area contributed by atoms with Gasteiger partial charge >= 0.3 is 0 Å². The highest BCUT2D eigenvalue weighted by Gasteiger charge is 2.15. The first-order valence-corrected chi connectivity index (χ1v) is 6.48. The first-order chi connectivity index (χ1) is 8.88. The lowest BCUT2D eigenvalue weighted by atomic mass is 9.86. The molecule has 3 heteroatoms. The second-order valence-corrected chi connectivity index (χ2v) is 5.91. The second-order valence-electron chi connectivity index (χ2n) is 5.91. The summed E-state index contributed by atoms with van der Waals surface area (Å²) in [4.78, 5) is 16.2. The fourth-order valence-electron chi connectivity index (χ4n) is 2.02. The molecular weight excluding hydrogens is 236 g/mol. The Labute approximate surface area is 114 Å². The number of carbonyl (C=O) groups is 1. The maximum Gasteiger partial charge on any atom is 0.202 e. The molecule has 0 saturated carbocycles. The van der Waals surface area contributed by atoms with Crippen LogP contribution in [0.15, 0.2) is 36.7 Å². The number of nitrogens with zero attached hydrogens (tertiary/aromatic N) is 2. The van der Waals surface area contributed by atoms with Crippen molar-refractivity contribution in [2.45, 2.75) is 32.6 Å². The van der Waals surface area contributed by atoms with Gasteiger partial charge in [0.25, 0.3) is 0 Å². The molecule has 100 valence electrons. The number of benzene rings is 1. The van der Waals surface area contributed by atoms with Crippen LogP contribution in [0.5, 0.6) is 0 Å². The second kappa shape index (κ2) is 5.00. The molecule has 0 spiro atoms. The van der Waals surface area contributed by atoms with Crippen LogP contribution in [0.3, 0.4) is 0 Å². The smallest absolute Gasteiger partial charge is 0.202 e. The van der Waals surface area contributed by atoms with Gasteiger partial charge in [0, 0.05) is 25.9 Å². The van der Waals surface area contributed by atoms with E-state index in [0.29, 0.717) is 12.2 Å². The van der Waals surface area contributed by atoms with Gasteiger partial charge in [-0.1, -0.05) is 45.0 Å². The first kappa shape index (κ1) is 13.5. The van der Waals surface area contributed by atoms with Crippen LogP contribution in [-0.2, 0) is 18.9 Å². The van der Waals surface area contributed by atoms with Crippen molar-refractivity contribution < 1.29 is 4.79 Å². The summed E-state index contributed by atoms with van der Waals surface area (Å²) in [6.45, 7) is 6.54. The Morgan fingerprint density at radius 3 is 2.32 bits per heavy atom. The van der Waals surface area contributed by atoms with E-state index in [1.165, 1.54) is 5.56 Å². The van der Waals surface area contributed by atoms with E-state index < -0.39 is 0 Å². The van der Waals surface area contributed by atoms with Crippen molar-refractivity contribution in [1.29, 1.82) is 0 Å². The van der Waals surface area contributed by atoms with E-state index in [0.717, 1.165) is 5.56 Å². The Bertz CT molecular complexity index is 574. The van der Waals surface area contributed by atoms with Gasteiger partial charge in [-0.25, -0.2) is 4.98 Å². The van der Waals surface area contributed by atoms with Crippen molar-refractivity contribution in [1.82, 2.24) is 9.55 Å². The maximum atomic E-state index is 12.1. The van der Waals surface area contributed by atoms with Gasteiger partial charge in [-0.2, -0.15) is 0 Å². The SMILES string of the molecule is Cn1ccnc1C(=O)Cc1ccc(C(C)(C)C)cc1. The third kappa shape index (κ3) is 3.11. The zero-order valence-corrected chi connectivity index (χ0v) is 12.0. The summed E-state index contributed by atoms with van der Waals surface area (Å²) in [6.07, 6.45) is 3.83. The van der Waals surface area contributed by atoms with Crippen LogP contribution in [0.25, 0.3) is 0 Å². The highest BCUT2D eigenvalue weighted by Crippen LogP contribution is 2.22. The number of hydrogen-bond acceptors (Lipinski definition) is 2. The lowest BCUT2D eigenvalue weighted by molar-refractivity contribution is 0.0980. The fourth-order valence-corrected chi connectivity index (χ4v) is 2.02. The minimum absolute atomic E-state index is 0.0519. The number of aryl methyl sites for hydroxylation is 1. The molecule has 0 N–H and O–H groups in total. The van der Waals surface area contributed by atoms with Crippen LogP contribution >= 0.6 is 0 Å². The molecule has 0 aliphatic heterocycles. The van der Waals surface area contributed by atoms with Crippen LogP contribution in [0.2, 0.25) is 0 Å². The molecule has 0 fully saturated rings. The van der Waals surface area contributed by atoms with Gasteiger partial charge in [-0.05, 0) is 16.5 Å². The summed E-state index contributed by atoms with van der Waals surface area (Å²) in [5.74, 6) is 0.566. The first-order valence-electron chi connectivity index (χ1n) is 6.48. The van der Waals surface area contributed by atoms with E-state index in [4.69, 9.17) is 0 Å². The number of ketones is 1. The van der Waals surface area contributed by atoms with Gasteiger partial charge in [0.2, 0.25) is 5.78 Å². The average Bonchev–Trinajstić information content (AvgIpc) is 2.75. The van der Waals surface area contributed by atoms with Crippen LogP contribution in [-0.4, -0.2) is 15.3 Å². The van der Waals surface area contributed by atoms with Crippen molar-refractivity contribution in [2.75, 3.05) is 0 Å². The van der Waals surface area contributed by atoms with E-state index in [1.807, 2.05) is 19.2 Å². The summed E-state index contributed by atoms with van der Waals surface area (Å²) in [6, 6.07) is 8.25. The topological polar surface area (TPSA) is 34.9 Å². The van der Waals surface area contributed by atoms with E-state index >= 15 is 0 Å². The predicted molar refractivity (Wildman–Crippen MR) is 76.4 cm³/mol. The van der Waals surface area contributed by atoms with Gasteiger partial charge in [0.1, 0.15) is 0 Å². The van der Waals surface area contributed by atoms with E-state index in [1.54, 1.807) is 17.0 Å². The average molecular weight is 256 g/mol. The van der Waals surface area contributed by atoms with E-state index in [9.17, 15) is 4.79 Å². The van der Waals surface area contributed by atoms with Gasteiger partial charge in [0.05, 0.1) is 0 Å². The third-order valence-electron chi connectivity index (χ3n) is 3.26. The third-order valence-corrected chi connectivity index (χ3v) is 3.26. The fraction of sp³-hybridized carbons (Fsp3) is 0.375. The quantitative estimate of drug-likeness (QED) is 0.791. The van der Waals surface area contributed by atoms with E-state index in [2.05, 4.69) is 37.9 Å². The molecule has 0 radical (unpaired) electrons. The summed E-state index contributed by atoms with van der Waals surface area (Å²) in [5, 5.41) is 0. The molecule has 0 aliphatic rings.